The van der Waals surface area contributed by atoms with Crippen molar-refractivity contribution in [3.8, 4) is 17.2 Å². The van der Waals surface area contributed by atoms with E-state index in [-0.39, 0.29) is 118 Å². The summed E-state index contributed by atoms with van der Waals surface area (Å²) in [6.07, 6.45) is -12.9. The van der Waals surface area contributed by atoms with E-state index in [1.165, 1.54) is 19.2 Å². The Morgan fingerprint density at radius 3 is 1.87 bits per heavy atom. The van der Waals surface area contributed by atoms with Crippen molar-refractivity contribution in [2.75, 3.05) is 53.6 Å². The van der Waals surface area contributed by atoms with Gasteiger partial charge >= 0.3 is 0 Å². The quantitative estimate of drug-likeness (QED) is 0.0405. The predicted octanol–water partition coefficient (Wildman–Crippen LogP) is -2.28. The van der Waals surface area contributed by atoms with Crippen LogP contribution < -0.4 is 73.1 Å². The van der Waals surface area contributed by atoms with Crippen LogP contribution >= 0.6 is 23.2 Å². The zero-order chi connectivity index (χ0) is 81.0. The number of nitrogens with two attached hydrogens (primary N) is 1. The maximum absolute atomic E-state index is 16.4. The summed E-state index contributed by atoms with van der Waals surface area (Å²) in [4.78, 5) is 123. The molecule has 6 heterocycles. The first-order chi connectivity index (χ1) is 54.0. The molecule has 6 aliphatic heterocycles. The summed E-state index contributed by atoms with van der Waals surface area (Å²) in [5.41, 5.74) is 5.62. The van der Waals surface area contributed by atoms with E-state index in [1.807, 2.05) is 20.9 Å². The van der Waals surface area contributed by atoms with Crippen LogP contribution in [0.25, 0.3) is 0 Å². The van der Waals surface area contributed by atoms with Gasteiger partial charge in [-0.05, 0) is 225 Å². The monoisotopic (exact) mass is 1630 g/mol. The number of aliphatic hydroxyl groups excluding tert-OH is 9. The maximum atomic E-state index is 16.4. The van der Waals surface area contributed by atoms with Gasteiger partial charge in [0.2, 0.25) is 59.3 Å². The number of rotatable bonds is 23. The Labute approximate surface area is 668 Å². The first-order valence-corrected chi connectivity index (χ1v) is 42.1. The fourth-order valence-electron chi connectivity index (χ4n) is 20.8. The molecule has 6 unspecified atom stereocenters. The number of halogens is 2. The fourth-order valence-corrected chi connectivity index (χ4v) is 21.7. The number of carbonyl (C=O) groups excluding carboxylic acids is 8. The van der Waals surface area contributed by atoms with E-state index in [0.717, 1.165) is 57.9 Å². The largest absolute Gasteiger partial charge is 0.485 e. The molecular formula is C78H121Cl2N11O22. The van der Waals surface area contributed by atoms with Crippen molar-refractivity contribution in [1.29, 1.82) is 0 Å². The molecule has 35 heteroatoms. The van der Waals surface area contributed by atoms with E-state index >= 15 is 28.8 Å². The first kappa shape index (κ1) is 86.7. The highest BCUT2D eigenvalue weighted by molar-refractivity contribution is 6.21. The highest BCUT2D eigenvalue weighted by Gasteiger charge is 2.58. The number of hydrogen-bond acceptors (Lipinski definition) is 25. The van der Waals surface area contributed by atoms with E-state index in [2.05, 4.69) is 53.2 Å². The molecule has 8 saturated carbocycles. The van der Waals surface area contributed by atoms with Crippen molar-refractivity contribution in [1.82, 2.24) is 53.2 Å². The third-order valence-corrected chi connectivity index (χ3v) is 27.6. The summed E-state index contributed by atoms with van der Waals surface area (Å²) in [5.74, 6) is -15.1. The third kappa shape index (κ3) is 19.9. The van der Waals surface area contributed by atoms with E-state index < -0.39 is 234 Å². The number of likely N-dealkylation sites (N-methyl/N-ethyl adjacent to an activating group) is 1. The van der Waals surface area contributed by atoms with Crippen LogP contribution in [0.15, 0.2) is 12.1 Å². The Bertz CT molecular complexity index is 3450. The average Bonchev–Trinajstić information content (AvgIpc) is 0.754. The number of alkyl halides is 2. The Kier molecular flexibility index (Phi) is 29.5. The lowest BCUT2D eigenvalue weighted by atomic mass is 9.54. The van der Waals surface area contributed by atoms with Crippen LogP contribution in [0.2, 0.25) is 0 Å². The zero-order valence-corrected chi connectivity index (χ0v) is 66.3. The van der Waals surface area contributed by atoms with Gasteiger partial charge < -0.3 is 129 Å². The maximum Gasteiger partial charge on any atom is 0.247 e. The van der Waals surface area contributed by atoms with Gasteiger partial charge in [-0.25, -0.2) is 0 Å². The number of ether oxygens (including phenoxy) is 5. The second-order valence-electron chi connectivity index (χ2n) is 34.7. The molecule has 14 aliphatic rings. The van der Waals surface area contributed by atoms with Crippen molar-refractivity contribution in [2.45, 2.75) is 275 Å². The standard InChI is InChI=1S/C78H121Cl2N11O22/c1-33(2)18-47(83-4)71(102)90-62-64(96)37-9-12-51(45(79)25-37)110-53-27-41-28-54(70(53)113-78-69(101)68(100)67(99)55(32-92)112-78)111-52-13-10-38(26-46(52)80)65(97)63-77(108)89-61(75(106)86-58-39-20-34-19-35(22-39)23-40(58)21-34)43-29-50(94)44(31-84-15-17-109-16-7-5-6-14-82-3)66(98)57(43)42-24-36(8-11-49(42)93)59(73(104)91-63)88-74(105)60(41)87-72(103)48(30-56(81)95)85-76(62)107/h27-28,33-40,42-52,55,57-69,78,82-84,92-94,96-101H,5-26,29-32H2,1-4H3,(H2,81,95)(H,85,107)(H,86,106)(H,87,103)(H,88,105)(H,89,108)(H,90,102)(H,91,104)/t34?,35?,36-,37-,38-,39?,40?,42?,43?,44?,45+,46?,47+,48-,49+,50?,51+,52+,55+,57?,58?,59+,60+,61-,62+,63-,64+,65+,66-,67+,68-,69+,78-/m0/s1. The second kappa shape index (κ2) is 38.4. The van der Waals surface area contributed by atoms with E-state index in [0.29, 0.717) is 31.6 Å². The molecule has 2 saturated heterocycles. The first-order valence-electron chi connectivity index (χ1n) is 41.2. The number of aliphatic hydroxyl groups is 9. The van der Waals surface area contributed by atoms with E-state index in [9.17, 15) is 55.5 Å². The Hall–Kier alpha value is -5.60. The van der Waals surface area contributed by atoms with Gasteiger partial charge in [-0.3, -0.25) is 38.4 Å². The summed E-state index contributed by atoms with van der Waals surface area (Å²) >= 11 is 14.8. The van der Waals surface area contributed by atoms with Crippen molar-refractivity contribution in [3.63, 3.8) is 0 Å². The minimum Gasteiger partial charge on any atom is -0.485 e. The van der Waals surface area contributed by atoms with Gasteiger partial charge in [-0.15, -0.1) is 23.2 Å². The Balaban J connectivity index is 0.976. The summed E-state index contributed by atoms with van der Waals surface area (Å²) in [6, 6.07) is -9.95. The lowest BCUT2D eigenvalue weighted by molar-refractivity contribution is -0.278. The third-order valence-electron chi connectivity index (χ3n) is 26.6. The molecule has 634 valence electrons. The van der Waals surface area contributed by atoms with Crippen LogP contribution in [-0.2, 0) is 47.8 Å². The fraction of sp³-hybridized carbons (Fsp3) is 0.821. The molecular weight excluding hydrogens is 1510 g/mol. The summed E-state index contributed by atoms with van der Waals surface area (Å²) in [7, 11) is 3.44. The zero-order valence-electron chi connectivity index (χ0n) is 64.8. The number of hydrogen-bond donors (Lipinski definition) is 20. The minimum absolute atomic E-state index is 0.00147. The Morgan fingerprint density at radius 1 is 0.611 bits per heavy atom. The molecule has 21 N–H and O–H groups in total. The van der Waals surface area contributed by atoms with Crippen LogP contribution in [0.4, 0.5) is 0 Å². The van der Waals surface area contributed by atoms with Crippen molar-refractivity contribution in [2.24, 2.45) is 76.7 Å². The van der Waals surface area contributed by atoms with Gasteiger partial charge in [0.05, 0.1) is 67.0 Å². The SMILES string of the molecule is CNCCCCCOCCNCC1C(O)CC2C(C3C[C@H](CC[C@H]3O)[C@H]3NC(=O)[C@@H]4NC(=O)[C@H](CC(N)=O)NC(=O)[C@H](NC(=O)[C@@H](CC(C)C)NC)[C@H](O)[C@H]5CC[C@@H](Oc6cc4cc(c6O[C@@H]4O[C@H](CO)[C@@H](O)[C@H](O)[C@H]4O)O[C@@H]4CC[C@@H](CC4Cl)[C@@H](O)[C@H](NC3=O)C(=O)N[C@@H]2C(=O)NC2C3CC4CC(C3)CC2C4)[C@H](Cl)C5)[C@H]1O. The molecule has 15 rings (SSSR count). The van der Waals surface area contributed by atoms with Gasteiger partial charge in [0, 0.05) is 31.7 Å². The lowest BCUT2D eigenvalue weighted by Gasteiger charge is -2.55. The summed E-state index contributed by atoms with van der Waals surface area (Å²) in [5, 5.41) is 135. The number of unbranched alkanes of at least 4 members (excludes halogenated alkanes) is 2. The molecule has 8 amide bonds. The smallest absolute Gasteiger partial charge is 0.247 e. The molecule has 10 fully saturated rings. The van der Waals surface area contributed by atoms with Crippen LogP contribution in [0.1, 0.15) is 154 Å². The van der Waals surface area contributed by atoms with Gasteiger partial charge in [0.15, 0.2) is 11.5 Å². The van der Waals surface area contributed by atoms with Gasteiger partial charge in [-0.2, -0.15) is 0 Å². The molecule has 0 spiro atoms. The molecule has 33 nitrogen and oxygen atoms in total. The van der Waals surface area contributed by atoms with Crippen LogP contribution in [-0.4, -0.2) is 273 Å². The van der Waals surface area contributed by atoms with Crippen molar-refractivity contribution < 1.29 is 108 Å². The summed E-state index contributed by atoms with van der Waals surface area (Å²) < 4.78 is 32.2. The van der Waals surface area contributed by atoms with Crippen LogP contribution in [0, 0.1) is 71.0 Å². The Morgan fingerprint density at radius 2 is 1.25 bits per heavy atom. The van der Waals surface area contributed by atoms with Gasteiger partial charge in [0.1, 0.15) is 72.9 Å². The van der Waals surface area contributed by atoms with Crippen LogP contribution in [0.5, 0.6) is 17.2 Å². The number of primary amides is 1. The average molecular weight is 1640 g/mol. The molecule has 8 aliphatic carbocycles. The molecule has 0 radical (unpaired) electrons. The van der Waals surface area contributed by atoms with E-state index in [4.69, 9.17) is 52.6 Å². The molecule has 28 atom stereocenters. The highest BCUT2D eigenvalue weighted by Crippen LogP contribution is 2.55. The van der Waals surface area contributed by atoms with Crippen molar-refractivity contribution >= 4 is 70.5 Å². The number of amides is 8. The molecule has 1 aromatic rings. The summed E-state index contributed by atoms with van der Waals surface area (Å²) in [6.45, 7) is 4.99. The lowest BCUT2D eigenvalue weighted by Crippen LogP contribution is -2.68. The second-order valence-corrected chi connectivity index (χ2v) is 35.8. The normalized spacial score (nSPS) is 40.9. The minimum atomic E-state index is -2.13. The predicted molar refractivity (Wildman–Crippen MR) is 407 cm³/mol. The van der Waals surface area contributed by atoms with Gasteiger partial charge in [-0.1, -0.05) is 13.8 Å². The highest BCUT2D eigenvalue weighted by atomic mass is 35.5. The molecule has 15 bridgehead atoms. The molecule has 113 heavy (non-hydrogen) atoms. The number of carbonyl (C=O) groups is 8. The molecule has 1 aromatic carbocycles. The number of nitrogens with one attached hydrogen (secondary N) is 10. The van der Waals surface area contributed by atoms with Gasteiger partial charge in [0.25, 0.3) is 0 Å². The number of fused-ring (bicyclic) bond motifs is 15. The molecule has 0 aromatic heterocycles. The number of benzene rings is 1. The topological polar surface area (TPSA) is 511 Å². The van der Waals surface area contributed by atoms with E-state index in [1.54, 1.807) is 0 Å². The van der Waals surface area contributed by atoms with Crippen LogP contribution in [0.3, 0.4) is 0 Å². The van der Waals surface area contributed by atoms with Crippen molar-refractivity contribution in [3.05, 3.63) is 17.7 Å².